The van der Waals surface area contributed by atoms with Gasteiger partial charge in [-0.2, -0.15) is 0 Å². The Bertz CT molecular complexity index is 2510. The number of rotatable bonds is 4. The SMILES string of the molecule is c1ccc(-c2ccc3c(c2)oc2cccc(-c4c5ccccc5c(-c5ccccc5)c5cc(-c6ccccc6)ccc45)c23)cc1. The summed E-state index contributed by atoms with van der Waals surface area (Å²) >= 11 is 0. The monoisotopic (exact) mass is 572 g/mol. The minimum absolute atomic E-state index is 0.901. The number of fused-ring (bicyclic) bond motifs is 5. The minimum atomic E-state index is 0.901. The molecule has 8 aromatic carbocycles. The molecule has 0 atom stereocenters. The lowest BCUT2D eigenvalue weighted by atomic mass is 9.84. The van der Waals surface area contributed by atoms with Crippen molar-refractivity contribution in [2.24, 2.45) is 0 Å². The molecule has 0 saturated heterocycles. The van der Waals surface area contributed by atoms with Gasteiger partial charge in [-0.05, 0) is 90.3 Å². The molecule has 0 unspecified atom stereocenters. The van der Waals surface area contributed by atoms with Crippen LogP contribution < -0.4 is 0 Å². The van der Waals surface area contributed by atoms with Gasteiger partial charge in [-0.1, -0.05) is 146 Å². The van der Waals surface area contributed by atoms with Crippen molar-refractivity contribution < 1.29 is 4.42 Å². The summed E-state index contributed by atoms with van der Waals surface area (Å²) in [6.45, 7) is 0. The summed E-state index contributed by atoms with van der Waals surface area (Å²) in [4.78, 5) is 0. The molecular formula is C44H28O. The highest BCUT2D eigenvalue weighted by molar-refractivity contribution is 6.26. The summed E-state index contributed by atoms with van der Waals surface area (Å²) in [5.41, 5.74) is 11.5. The smallest absolute Gasteiger partial charge is 0.136 e. The molecule has 0 aliphatic rings. The van der Waals surface area contributed by atoms with E-state index in [1.54, 1.807) is 0 Å². The number of hydrogen-bond donors (Lipinski definition) is 0. The molecule has 0 aliphatic heterocycles. The minimum Gasteiger partial charge on any atom is -0.456 e. The van der Waals surface area contributed by atoms with Crippen LogP contribution in [0.3, 0.4) is 0 Å². The highest BCUT2D eigenvalue weighted by Crippen LogP contribution is 2.47. The Morgan fingerprint density at radius 2 is 0.822 bits per heavy atom. The van der Waals surface area contributed by atoms with Gasteiger partial charge in [0.15, 0.2) is 0 Å². The molecule has 0 bridgehead atoms. The molecule has 1 heteroatoms. The van der Waals surface area contributed by atoms with Crippen molar-refractivity contribution in [3.63, 3.8) is 0 Å². The van der Waals surface area contributed by atoms with Crippen LogP contribution in [0.25, 0.3) is 88.0 Å². The van der Waals surface area contributed by atoms with Crippen LogP contribution in [0.2, 0.25) is 0 Å². The van der Waals surface area contributed by atoms with Gasteiger partial charge >= 0.3 is 0 Å². The van der Waals surface area contributed by atoms with E-state index in [-0.39, 0.29) is 0 Å². The van der Waals surface area contributed by atoms with Crippen LogP contribution in [0.1, 0.15) is 0 Å². The summed E-state index contributed by atoms with van der Waals surface area (Å²) in [6.07, 6.45) is 0. The van der Waals surface area contributed by atoms with E-state index in [9.17, 15) is 0 Å². The van der Waals surface area contributed by atoms with Gasteiger partial charge in [-0.25, -0.2) is 0 Å². The third-order valence-electron chi connectivity index (χ3n) is 9.07. The van der Waals surface area contributed by atoms with Gasteiger partial charge in [-0.3, -0.25) is 0 Å². The lowest BCUT2D eigenvalue weighted by Crippen LogP contribution is -1.92. The zero-order chi connectivity index (χ0) is 29.7. The van der Waals surface area contributed by atoms with Crippen LogP contribution in [0.4, 0.5) is 0 Å². The molecular weight excluding hydrogens is 544 g/mol. The molecule has 9 aromatic rings. The van der Waals surface area contributed by atoms with Crippen molar-refractivity contribution in [1.29, 1.82) is 0 Å². The summed E-state index contributed by atoms with van der Waals surface area (Å²) in [5.74, 6) is 0. The van der Waals surface area contributed by atoms with E-state index in [0.29, 0.717) is 0 Å². The fourth-order valence-corrected chi connectivity index (χ4v) is 7.04. The standard InChI is InChI=1S/C44H28O/c1-4-13-29(14-5-1)32-23-25-36-39(27-32)42(31-17-8-3-9-18-31)34-19-10-11-20-35(34)43(36)38-21-12-22-40-44(38)37-26-24-33(28-41(37)45-40)30-15-6-2-7-16-30/h1-28H. The van der Waals surface area contributed by atoms with Crippen LogP contribution in [-0.2, 0) is 0 Å². The Labute approximate surface area is 261 Å². The van der Waals surface area contributed by atoms with Gasteiger partial charge in [0.2, 0.25) is 0 Å². The molecule has 1 aromatic heterocycles. The fourth-order valence-electron chi connectivity index (χ4n) is 7.04. The molecule has 45 heavy (non-hydrogen) atoms. The van der Waals surface area contributed by atoms with Crippen LogP contribution in [0, 0.1) is 0 Å². The molecule has 1 heterocycles. The molecule has 0 spiro atoms. The zero-order valence-corrected chi connectivity index (χ0v) is 24.6. The van der Waals surface area contributed by atoms with Crippen LogP contribution in [0.15, 0.2) is 174 Å². The summed E-state index contributed by atoms with van der Waals surface area (Å²) in [7, 11) is 0. The fraction of sp³-hybridized carbons (Fsp3) is 0. The highest BCUT2D eigenvalue weighted by Gasteiger charge is 2.21. The average molecular weight is 573 g/mol. The molecule has 9 rings (SSSR count). The third kappa shape index (κ3) is 4.17. The van der Waals surface area contributed by atoms with Crippen molar-refractivity contribution in [1.82, 2.24) is 0 Å². The van der Waals surface area contributed by atoms with Crippen molar-refractivity contribution >= 4 is 43.5 Å². The van der Waals surface area contributed by atoms with Crippen LogP contribution >= 0.6 is 0 Å². The Hall–Kier alpha value is -5.92. The number of benzene rings is 8. The van der Waals surface area contributed by atoms with Gasteiger partial charge in [0, 0.05) is 10.8 Å². The first kappa shape index (κ1) is 25.6. The number of hydrogen-bond acceptors (Lipinski definition) is 1. The topological polar surface area (TPSA) is 13.1 Å². The van der Waals surface area contributed by atoms with Crippen molar-refractivity contribution in [2.75, 3.05) is 0 Å². The van der Waals surface area contributed by atoms with Gasteiger partial charge in [-0.15, -0.1) is 0 Å². The van der Waals surface area contributed by atoms with Gasteiger partial charge < -0.3 is 4.42 Å². The first-order valence-corrected chi connectivity index (χ1v) is 15.4. The second-order valence-corrected chi connectivity index (χ2v) is 11.6. The van der Waals surface area contributed by atoms with E-state index in [2.05, 4.69) is 170 Å². The van der Waals surface area contributed by atoms with Crippen molar-refractivity contribution in [3.8, 4) is 44.5 Å². The molecule has 0 fully saturated rings. The number of furan rings is 1. The normalized spacial score (nSPS) is 11.6. The maximum Gasteiger partial charge on any atom is 0.136 e. The molecule has 0 radical (unpaired) electrons. The molecule has 1 nitrogen and oxygen atoms in total. The molecule has 0 saturated carbocycles. The lowest BCUT2D eigenvalue weighted by Gasteiger charge is -2.19. The zero-order valence-electron chi connectivity index (χ0n) is 24.6. The Balaban J connectivity index is 1.39. The summed E-state index contributed by atoms with van der Waals surface area (Å²) in [5, 5.41) is 7.23. The average Bonchev–Trinajstić information content (AvgIpc) is 3.50. The highest BCUT2D eigenvalue weighted by atomic mass is 16.3. The van der Waals surface area contributed by atoms with E-state index in [0.717, 1.165) is 27.5 Å². The van der Waals surface area contributed by atoms with Crippen molar-refractivity contribution in [3.05, 3.63) is 170 Å². The quantitative estimate of drug-likeness (QED) is 0.191. The summed E-state index contributed by atoms with van der Waals surface area (Å²) in [6, 6.07) is 60.9. The largest absolute Gasteiger partial charge is 0.456 e. The Morgan fingerprint density at radius 1 is 0.289 bits per heavy atom. The van der Waals surface area contributed by atoms with Crippen LogP contribution in [0.5, 0.6) is 0 Å². The molecule has 0 N–H and O–H groups in total. The maximum atomic E-state index is 6.57. The third-order valence-corrected chi connectivity index (χ3v) is 9.07. The first-order chi connectivity index (χ1) is 22.3. The van der Waals surface area contributed by atoms with Gasteiger partial charge in [0.05, 0.1) is 0 Å². The molecule has 0 amide bonds. The molecule has 210 valence electrons. The Morgan fingerprint density at radius 3 is 1.49 bits per heavy atom. The van der Waals surface area contributed by atoms with Gasteiger partial charge in [0.25, 0.3) is 0 Å². The van der Waals surface area contributed by atoms with Gasteiger partial charge in [0.1, 0.15) is 11.2 Å². The second kappa shape index (κ2) is 10.4. The summed E-state index contributed by atoms with van der Waals surface area (Å²) < 4.78 is 6.57. The van der Waals surface area contributed by atoms with Crippen LogP contribution in [-0.4, -0.2) is 0 Å². The van der Waals surface area contributed by atoms with E-state index in [4.69, 9.17) is 4.42 Å². The van der Waals surface area contributed by atoms with E-state index >= 15 is 0 Å². The first-order valence-electron chi connectivity index (χ1n) is 15.4. The van der Waals surface area contributed by atoms with E-state index in [1.165, 1.54) is 60.5 Å². The second-order valence-electron chi connectivity index (χ2n) is 11.6. The Kier molecular flexibility index (Phi) is 5.89. The predicted octanol–water partition coefficient (Wildman–Crippen LogP) is 12.6. The maximum absolute atomic E-state index is 6.57. The predicted molar refractivity (Wildman–Crippen MR) is 190 cm³/mol. The lowest BCUT2D eigenvalue weighted by molar-refractivity contribution is 0.669. The molecule has 0 aliphatic carbocycles. The van der Waals surface area contributed by atoms with E-state index < -0.39 is 0 Å². The van der Waals surface area contributed by atoms with Crippen molar-refractivity contribution in [2.45, 2.75) is 0 Å². The van der Waals surface area contributed by atoms with E-state index in [1.807, 2.05) is 0 Å².